The number of hydrogen-bond donors (Lipinski definition) is 2. The Morgan fingerprint density at radius 3 is 2.88 bits per heavy atom. The van der Waals surface area contributed by atoms with Gasteiger partial charge in [0.2, 0.25) is 0 Å². The molecule has 1 aliphatic carbocycles. The molecule has 1 fully saturated rings. The molecule has 0 radical (unpaired) electrons. The van der Waals surface area contributed by atoms with E-state index in [1.165, 1.54) is 6.07 Å². The Labute approximate surface area is 95.3 Å². The van der Waals surface area contributed by atoms with Crippen LogP contribution in [0.5, 0.6) is 0 Å². The van der Waals surface area contributed by atoms with Crippen molar-refractivity contribution in [3.05, 3.63) is 35.6 Å². The fraction of sp³-hybridized carbons (Fsp3) is 0.538. The molecule has 0 amide bonds. The van der Waals surface area contributed by atoms with Crippen LogP contribution < -0.4 is 5.73 Å². The maximum atomic E-state index is 13.5. The molecule has 0 aromatic heterocycles. The van der Waals surface area contributed by atoms with E-state index in [1.807, 2.05) is 0 Å². The number of rotatable bonds is 2. The standard InChI is InChI=1S/C13H18FNO/c14-12-6-2-1-4-10(12)8-13(16)7-3-5-11(15)9-13/h1-2,4,6,11,16H,3,5,7-9,15H2. The molecule has 0 saturated heterocycles. The summed E-state index contributed by atoms with van der Waals surface area (Å²) in [6, 6.07) is 6.67. The molecule has 3 heteroatoms. The highest BCUT2D eigenvalue weighted by molar-refractivity contribution is 5.19. The van der Waals surface area contributed by atoms with Crippen LogP contribution in [0.25, 0.3) is 0 Å². The van der Waals surface area contributed by atoms with Crippen molar-refractivity contribution in [1.82, 2.24) is 0 Å². The molecule has 1 saturated carbocycles. The van der Waals surface area contributed by atoms with Crippen molar-refractivity contribution in [2.45, 2.75) is 43.7 Å². The van der Waals surface area contributed by atoms with Crippen LogP contribution >= 0.6 is 0 Å². The summed E-state index contributed by atoms with van der Waals surface area (Å²) in [5, 5.41) is 10.4. The molecule has 16 heavy (non-hydrogen) atoms. The van der Waals surface area contributed by atoms with Gasteiger partial charge >= 0.3 is 0 Å². The van der Waals surface area contributed by atoms with Crippen LogP contribution in [-0.4, -0.2) is 16.7 Å². The number of hydrogen-bond acceptors (Lipinski definition) is 2. The van der Waals surface area contributed by atoms with Crippen molar-refractivity contribution in [1.29, 1.82) is 0 Å². The first kappa shape index (κ1) is 11.6. The lowest BCUT2D eigenvalue weighted by molar-refractivity contribution is -0.00257. The maximum Gasteiger partial charge on any atom is 0.126 e. The van der Waals surface area contributed by atoms with Crippen LogP contribution in [-0.2, 0) is 6.42 Å². The van der Waals surface area contributed by atoms with E-state index < -0.39 is 5.60 Å². The number of nitrogens with two attached hydrogens (primary N) is 1. The second kappa shape index (κ2) is 4.52. The lowest BCUT2D eigenvalue weighted by Gasteiger charge is -2.35. The summed E-state index contributed by atoms with van der Waals surface area (Å²) >= 11 is 0. The molecule has 2 rings (SSSR count). The summed E-state index contributed by atoms with van der Waals surface area (Å²) < 4.78 is 13.5. The molecule has 2 nitrogen and oxygen atoms in total. The predicted octanol–water partition coefficient (Wildman–Crippen LogP) is 2.00. The fourth-order valence-corrected chi connectivity index (χ4v) is 2.54. The van der Waals surface area contributed by atoms with Crippen molar-refractivity contribution < 1.29 is 9.50 Å². The van der Waals surface area contributed by atoms with Crippen LogP contribution in [0, 0.1) is 5.82 Å². The van der Waals surface area contributed by atoms with Gasteiger partial charge in [-0.2, -0.15) is 0 Å². The minimum atomic E-state index is -0.820. The zero-order chi connectivity index (χ0) is 11.6. The molecule has 0 heterocycles. The van der Waals surface area contributed by atoms with E-state index in [9.17, 15) is 9.50 Å². The van der Waals surface area contributed by atoms with Gasteiger partial charge in [-0.3, -0.25) is 0 Å². The van der Waals surface area contributed by atoms with Crippen molar-refractivity contribution in [2.75, 3.05) is 0 Å². The van der Waals surface area contributed by atoms with Gasteiger partial charge in [0.15, 0.2) is 0 Å². The fourth-order valence-electron chi connectivity index (χ4n) is 2.54. The molecule has 0 bridgehead atoms. The predicted molar refractivity (Wildman–Crippen MR) is 61.5 cm³/mol. The first-order valence-electron chi connectivity index (χ1n) is 5.80. The Bertz CT molecular complexity index is 369. The van der Waals surface area contributed by atoms with E-state index in [0.717, 1.165) is 19.3 Å². The first-order valence-corrected chi connectivity index (χ1v) is 5.80. The topological polar surface area (TPSA) is 46.2 Å². The second-order valence-corrected chi connectivity index (χ2v) is 4.85. The highest BCUT2D eigenvalue weighted by Gasteiger charge is 2.33. The van der Waals surface area contributed by atoms with Gasteiger partial charge in [0.1, 0.15) is 5.82 Å². The van der Waals surface area contributed by atoms with Gasteiger partial charge in [0.05, 0.1) is 5.60 Å². The van der Waals surface area contributed by atoms with Crippen LogP contribution in [0.2, 0.25) is 0 Å². The quantitative estimate of drug-likeness (QED) is 0.805. The van der Waals surface area contributed by atoms with Gasteiger partial charge in [0.25, 0.3) is 0 Å². The summed E-state index contributed by atoms with van der Waals surface area (Å²) in [6.07, 6.45) is 3.54. The third-order valence-corrected chi connectivity index (χ3v) is 3.34. The van der Waals surface area contributed by atoms with Gasteiger partial charge < -0.3 is 10.8 Å². The molecule has 1 aromatic rings. The summed E-state index contributed by atoms with van der Waals surface area (Å²) in [6.45, 7) is 0. The van der Waals surface area contributed by atoms with Crippen LogP contribution in [0.4, 0.5) is 4.39 Å². The van der Waals surface area contributed by atoms with Gasteiger partial charge in [-0.1, -0.05) is 18.2 Å². The van der Waals surface area contributed by atoms with Crippen molar-refractivity contribution in [3.8, 4) is 0 Å². The van der Waals surface area contributed by atoms with E-state index in [2.05, 4.69) is 0 Å². The highest BCUT2D eigenvalue weighted by Crippen LogP contribution is 2.31. The van der Waals surface area contributed by atoms with E-state index in [-0.39, 0.29) is 11.9 Å². The summed E-state index contributed by atoms with van der Waals surface area (Å²) in [5.74, 6) is -0.241. The van der Waals surface area contributed by atoms with Gasteiger partial charge in [-0.05, 0) is 37.3 Å². The molecule has 2 unspecified atom stereocenters. The molecule has 2 atom stereocenters. The minimum absolute atomic E-state index is 0.0468. The van der Waals surface area contributed by atoms with Crippen LogP contribution in [0.1, 0.15) is 31.2 Å². The average molecular weight is 223 g/mol. The second-order valence-electron chi connectivity index (χ2n) is 4.85. The number of halogens is 1. The summed E-state index contributed by atoms with van der Waals surface area (Å²) in [4.78, 5) is 0. The van der Waals surface area contributed by atoms with Crippen molar-refractivity contribution >= 4 is 0 Å². The Kier molecular flexibility index (Phi) is 3.26. The van der Waals surface area contributed by atoms with Gasteiger partial charge in [0, 0.05) is 12.5 Å². The molecule has 3 N–H and O–H groups in total. The largest absolute Gasteiger partial charge is 0.389 e. The van der Waals surface area contributed by atoms with Crippen LogP contribution in [0.3, 0.4) is 0 Å². The normalized spacial score (nSPS) is 30.3. The van der Waals surface area contributed by atoms with E-state index >= 15 is 0 Å². The zero-order valence-electron chi connectivity index (χ0n) is 9.32. The van der Waals surface area contributed by atoms with Crippen molar-refractivity contribution in [2.24, 2.45) is 5.73 Å². The first-order chi connectivity index (χ1) is 7.59. The molecular weight excluding hydrogens is 205 g/mol. The average Bonchev–Trinajstić information content (AvgIpc) is 2.21. The SMILES string of the molecule is NC1CCCC(O)(Cc2ccccc2F)C1. The van der Waals surface area contributed by atoms with Gasteiger partial charge in [-0.25, -0.2) is 4.39 Å². The Hall–Kier alpha value is -0.930. The monoisotopic (exact) mass is 223 g/mol. The maximum absolute atomic E-state index is 13.5. The van der Waals surface area contributed by atoms with Gasteiger partial charge in [-0.15, -0.1) is 0 Å². The molecule has 1 aromatic carbocycles. The zero-order valence-corrected chi connectivity index (χ0v) is 9.32. The molecule has 1 aliphatic rings. The smallest absolute Gasteiger partial charge is 0.126 e. The Morgan fingerprint density at radius 2 is 2.19 bits per heavy atom. The Balaban J connectivity index is 2.11. The van der Waals surface area contributed by atoms with Crippen molar-refractivity contribution in [3.63, 3.8) is 0 Å². The summed E-state index contributed by atoms with van der Waals surface area (Å²) in [7, 11) is 0. The van der Waals surface area contributed by atoms with E-state index in [0.29, 0.717) is 18.4 Å². The lowest BCUT2D eigenvalue weighted by Crippen LogP contribution is -2.42. The molecule has 0 spiro atoms. The van der Waals surface area contributed by atoms with E-state index in [1.54, 1.807) is 18.2 Å². The minimum Gasteiger partial charge on any atom is -0.389 e. The third kappa shape index (κ3) is 2.60. The lowest BCUT2D eigenvalue weighted by atomic mass is 9.78. The molecule has 0 aliphatic heterocycles. The van der Waals surface area contributed by atoms with Crippen LogP contribution in [0.15, 0.2) is 24.3 Å². The highest BCUT2D eigenvalue weighted by atomic mass is 19.1. The molecule has 88 valence electrons. The third-order valence-electron chi connectivity index (χ3n) is 3.34. The molecular formula is C13H18FNO. The van der Waals surface area contributed by atoms with E-state index in [4.69, 9.17) is 5.73 Å². The number of aliphatic hydroxyl groups is 1. The summed E-state index contributed by atoms with van der Waals surface area (Å²) in [5.41, 5.74) is 5.61. The Morgan fingerprint density at radius 1 is 1.44 bits per heavy atom. The number of benzene rings is 1.